The Hall–Kier alpha value is -0.930. The molecule has 106 valence electrons. The van der Waals surface area contributed by atoms with Crippen molar-refractivity contribution in [2.75, 3.05) is 14.2 Å². The van der Waals surface area contributed by atoms with Crippen molar-refractivity contribution in [3.63, 3.8) is 0 Å². The summed E-state index contributed by atoms with van der Waals surface area (Å²) in [5.74, 6) is 0. The van der Waals surface area contributed by atoms with E-state index in [-0.39, 0.29) is 5.60 Å². The first-order valence-electron chi connectivity index (χ1n) is 7.40. The van der Waals surface area contributed by atoms with Crippen LogP contribution in [0.15, 0.2) is 18.3 Å². The second kappa shape index (κ2) is 6.49. The number of aromatic nitrogens is 1. The van der Waals surface area contributed by atoms with Crippen LogP contribution in [0.5, 0.6) is 0 Å². The van der Waals surface area contributed by atoms with Gasteiger partial charge in [-0.2, -0.15) is 0 Å². The van der Waals surface area contributed by atoms with Gasteiger partial charge in [0.1, 0.15) is 0 Å². The minimum Gasteiger partial charge on any atom is -0.377 e. The molecule has 0 amide bonds. The first-order valence-corrected chi connectivity index (χ1v) is 7.40. The van der Waals surface area contributed by atoms with Crippen molar-refractivity contribution in [1.29, 1.82) is 0 Å². The van der Waals surface area contributed by atoms with Crippen LogP contribution in [-0.4, -0.2) is 30.8 Å². The number of pyridine rings is 1. The lowest BCUT2D eigenvalue weighted by molar-refractivity contribution is -0.0338. The van der Waals surface area contributed by atoms with E-state index in [9.17, 15) is 0 Å². The van der Waals surface area contributed by atoms with Crippen LogP contribution < -0.4 is 5.32 Å². The van der Waals surface area contributed by atoms with Crippen molar-refractivity contribution in [2.45, 2.75) is 57.1 Å². The summed E-state index contributed by atoms with van der Waals surface area (Å²) >= 11 is 0. The summed E-state index contributed by atoms with van der Waals surface area (Å²) < 4.78 is 5.88. The zero-order valence-corrected chi connectivity index (χ0v) is 12.4. The molecule has 2 rings (SSSR count). The average Bonchev–Trinajstić information content (AvgIpc) is 2.95. The van der Waals surface area contributed by atoms with E-state index in [0.29, 0.717) is 6.04 Å². The van der Waals surface area contributed by atoms with Gasteiger partial charge in [0.05, 0.1) is 5.60 Å². The number of nitrogens with one attached hydrogen (secondary N) is 1. The number of hydrogen-bond donors (Lipinski definition) is 1. The van der Waals surface area contributed by atoms with E-state index in [0.717, 1.165) is 31.4 Å². The lowest BCUT2D eigenvalue weighted by atomic mass is 9.88. The maximum Gasteiger partial charge on any atom is 0.0834 e. The van der Waals surface area contributed by atoms with Crippen molar-refractivity contribution in [1.82, 2.24) is 10.3 Å². The predicted octanol–water partition coefficient (Wildman–Crippen LogP) is 2.73. The van der Waals surface area contributed by atoms with Gasteiger partial charge in [0.15, 0.2) is 0 Å². The summed E-state index contributed by atoms with van der Waals surface area (Å²) in [7, 11) is 3.88. The first kappa shape index (κ1) is 14.5. The Balaban J connectivity index is 2.09. The second-order valence-corrected chi connectivity index (χ2v) is 5.53. The van der Waals surface area contributed by atoms with Crippen LogP contribution in [0.3, 0.4) is 0 Å². The average molecular weight is 262 g/mol. The van der Waals surface area contributed by atoms with Crippen LogP contribution >= 0.6 is 0 Å². The topological polar surface area (TPSA) is 34.1 Å². The van der Waals surface area contributed by atoms with Crippen LogP contribution in [0, 0.1) is 0 Å². The molecule has 0 aromatic carbocycles. The molecule has 0 spiro atoms. The first-order chi connectivity index (χ1) is 9.24. The van der Waals surface area contributed by atoms with Crippen LogP contribution in [0.2, 0.25) is 0 Å². The molecule has 1 aliphatic rings. The van der Waals surface area contributed by atoms with Crippen molar-refractivity contribution in [2.24, 2.45) is 0 Å². The summed E-state index contributed by atoms with van der Waals surface area (Å²) in [6.07, 6.45) is 8.84. The van der Waals surface area contributed by atoms with Gasteiger partial charge in [-0.3, -0.25) is 4.98 Å². The monoisotopic (exact) mass is 262 g/mol. The minimum absolute atomic E-state index is 0.000141. The molecule has 1 aromatic rings. The Morgan fingerprint density at radius 3 is 2.58 bits per heavy atom. The van der Waals surface area contributed by atoms with E-state index in [1.54, 1.807) is 0 Å². The van der Waals surface area contributed by atoms with Gasteiger partial charge in [0, 0.05) is 31.5 Å². The maximum atomic E-state index is 5.88. The standard InChI is InChI=1S/C16H26N2O/c1-4-13-7-8-14(18-12-13)11-15(17-2)16(19-3)9-5-6-10-16/h7-8,12,15,17H,4-6,9-11H2,1-3H3. The quantitative estimate of drug-likeness (QED) is 0.856. The van der Waals surface area contributed by atoms with Gasteiger partial charge < -0.3 is 10.1 Å². The Bertz CT molecular complexity index is 382. The van der Waals surface area contributed by atoms with Crippen LogP contribution in [0.25, 0.3) is 0 Å². The number of likely N-dealkylation sites (N-methyl/N-ethyl adjacent to an activating group) is 1. The fourth-order valence-electron chi connectivity index (χ4n) is 3.21. The highest BCUT2D eigenvalue weighted by atomic mass is 16.5. The number of nitrogens with zero attached hydrogens (tertiary/aromatic N) is 1. The molecule has 1 heterocycles. The third-order valence-electron chi connectivity index (χ3n) is 4.55. The molecule has 1 atom stereocenters. The van der Waals surface area contributed by atoms with Crippen molar-refractivity contribution in [3.05, 3.63) is 29.6 Å². The van der Waals surface area contributed by atoms with E-state index in [4.69, 9.17) is 4.74 Å². The number of hydrogen-bond acceptors (Lipinski definition) is 3. The number of aryl methyl sites for hydroxylation is 1. The number of ether oxygens (including phenoxy) is 1. The molecule has 3 heteroatoms. The molecule has 19 heavy (non-hydrogen) atoms. The summed E-state index contributed by atoms with van der Waals surface area (Å²) in [5.41, 5.74) is 2.45. The van der Waals surface area contributed by atoms with Crippen LogP contribution in [-0.2, 0) is 17.6 Å². The highest BCUT2D eigenvalue weighted by Gasteiger charge is 2.40. The number of methoxy groups -OCH3 is 1. The smallest absolute Gasteiger partial charge is 0.0834 e. The van der Waals surface area contributed by atoms with E-state index in [1.807, 2.05) is 20.4 Å². The van der Waals surface area contributed by atoms with E-state index >= 15 is 0 Å². The number of rotatable bonds is 6. The molecule has 1 N–H and O–H groups in total. The Kier molecular flexibility index (Phi) is 4.94. The molecule has 1 aromatic heterocycles. The van der Waals surface area contributed by atoms with E-state index in [1.165, 1.54) is 18.4 Å². The van der Waals surface area contributed by atoms with Gasteiger partial charge in [-0.15, -0.1) is 0 Å². The Morgan fingerprint density at radius 2 is 2.11 bits per heavy atom. The molecule has 3 nitrogen and oxygen atoms in total. The summed E-state index contributed by atoms with van der Waals surface area (Å²) in [6.45, 7) is 2.16. The van der Waals surface area contributed by atoms with Gasteiger partial charge in [-0.25, -0.2) is 0 Å². The molecular formula is C16H26N2O. The molecule has 0 bridgehead atoms. The normalized spacial score (nSPS) is 19.5. The summed E-state index contributed by atoms with van der Waals surface area (Å²) in [6, 6.07) is 4.69. The molecule has 1 aliphatic carbocycles. The zero-order chi connectivity index (χ0) is 13.7. The van der Waals surface area contributed by atoms with Gasteiger partial charge in [-0.1, -0.05) is 25.8 Å². The molecular weight excluding hydrogens is 236 g/mol. The second-order valence-electron chi connectivity index (χ2n) is 5.53. The third-order valence-corrected chi connectivity index (χ3v) is 4.55. The maximum absolute atomic E-state index is 5.88. The van der Waals surface area contributed by atoms with Gasteiger partial charge in [0.25, 0.3) is 0 Å². The van der Waals surface area contributed by atoms with Crippen molar-refractivity contribution in [3.8, 4) is 0 Å². The summed E-state index contributed by atoms with van der Waals surface area (Å²) in [4.78, 5) is 4.58. The Morgan fingerprint density at radius 1 is 1.37 bits per heavy atom. The SMILES string of the molecule is CCc1ccc(CC(NC)C2(OC)CCCC2)nc1. The fraction of sp³-hybridized carbons (Fsp3) is 0.688. The molecule has 1 fully saturated rings. The molecule has 0 radical (unpaired) electrons. The van der Waals surface area contributed by atoms with E-state index < -0.39 is 0 Å². The zero-order valence-electron chi connectivity index (χ0n) is 12.4. The molecule has 0 aliphatic heterocycles. The fourth-order valence-corrected chi connectivity index (χ4v) is 3.21. The highest BCUT2D eigenvalue weighted by Crippen LogP contribution is 2.36. The predicted molar refractivity (Wildman–Crippen MR) is 78.4 cm³/mol. The van der Waals surface area contributed by atoms with Crippen molar-refractivity contribution >= 4 is 0 Å². The van der Waals surface area contributed by atoms with Crippen molar-refractivity contribution < 1.29 is 4.74 Å². The summed E-state index contributed by atoms with van der Waals surface area (Å²) in [5, 5.41) is 3.45. The largest absolute Gasteiger partial charge is 0.377 e. The molecule has 1 saturated carbocycles. The minimum atomic E-state index is -0.000141. The molecule has 0 saturated heterocycles. The third kappa shape index (κ3) is 3.15. The molecule has 1 unspecified atom stereocenters. The van der Waals surface area contributed by atoms with Gasteiger partial charge in [0.2, 0.25) is 0 Å². The van der Waals surface area contributed by atoms with Gasteiger partial charge >= 0.3 is 0 Å². The van der Waals surface area contributed by atoms with E-state index in [2.05, 4.69) is 29.4 Å². The lowest BCUT2D eigenvalue weighted by Gasteiger charge is -2.36. The van der Waals surface area contributed by atoms with Crippen LogP contribution in [0.4, 0.5) is 0 Å². The van der Waals surface area contributed by atoms with Gasteiger partial charge in [-0.05, 0) is 37.9 Å². The highest BCUT2D eigenvalue weighted by molar-refractivity contribution is 5.16. The lowest BCUT2D eigenvalue weighted by Crippen LogP contribution is -2.50. The van der Waals surface area contributed by atoms with Crippen LogP contribution in [0.1, 0.15) is 43.9 Å². The Labute approximate surface area is 116 Å².